The van der Waals surface area contributed by atoms with Crippen molar-refractivity contribution < 1.29 is 4.79 Å². The molecule has 0 saturated heterocycles. The molecular weight excluding hydrogens is 364 g/mol. The van der Waals surface area contributed by atoms with Crippen molar-refractivity contribution in [2.24, 2.45) is 0 Å². The number of rotatable bonds is 6. The van der Waals surface area contributed by atoms with Crippen molar-refractivity contribution in [1.82, 2.24) is 20.1 Å². The van der Waals surface area contributed by atoms with E-state index in [1.165, 1.54) is 11.3 Å². The van der Waals surface area contributed by atoms with Gasteiger partial charge in [-0.1, -0.05) is 36.4 Å². The molecule has 3 aromatic heterocycles. The first-order valence-electron chi connectivity index (χ1n) is 8.13. The molecule has 1 aromatic carbocycles. The maximum absolute atomic E-state index is 12.5. The van der Waals surface area contributed by atoms with Crippen molar-refractivity contribution >= 4 is 28.6 Å². The molecule has 0 bridgehead atoms. The molecule has 0 saturated carbocycles. The van der Waals surface area contributed by atoms with Crippen LogP contribution < -0.4 is 5.32 Å². The monoisotopic (exact) mass is 380 g/mol. The Hall–Kier alpha value is -2.77. The second-order valence-electron chi connectivity index (χ2n) is 5.63. The van der Waals surface area contributed by atoms with Crippen molar-refractivity contribution in [2.75, 3.05) is 6.54 Å². The van der Waals surface area contributed by atoms with E-state index in [4.69, 9.17) is 0 Å². The largest absolute Gasteiger partial charge is 0.348 e. The lowest BCUT2D eigenvalue weighted by atomic mass is 10.2. The summed E-state index contributed by atoms with van der Waals surface area (Å²) in [6.07, 6.45) is 3.65. The number of benzene rings is 1. The fraction of sp³-hybridized carbons (Fsp3) is 0.105. The lowest BCUT2D eigenvalue weighted by Gasteiger charge is -2.16. The van der Waals surface area contributed by atoms with Gasteiger partial charge in [0, 0.05) is 34.8 Å². The molecule has 0 fully saturated rings. The van der Waals surface area contributed by atoms with E-state index < -0.39 is 0 Å². The molecule has 1 unspecified atom stereocenters. The Morgan fingerprint density at radius 2 is 2.00 bits per heavy atom. The number of aromatic nitrogens is 3. The predicted octanol–water partition coefficient (Wildman–Crippen LogP) is 4.09. The second kappa shape index (κ2) is 7.63. The maximum atomic E-state index is 12.5. The van der Waals surface area contributed by atoms with Crippen molar-refractivity contribution in [3.8, 4) is 10.6 Å². The lowest BCUT2D eigenvalue weighted by molar-refractivity contribution is 0.0945. The molecule has 1 N–H and O–H groups in total. The van der Waals surface area contributed by atoms with Crippen LogP contribution in [-0.4, -0.2) is 27.2 Å². The molecule has 5 nitrogen and oxygen atoms in total. The van der Waals surface area contributed by atoms with Crippen LogP contribution in [0.25, 0.3) is 10.6 Å². The van der Waals surface area contributed by atoms with Crippen LogP contribution in [0, 0.1) is 0 Å². The third kappa shape index (κ3) is 3.58. The third-order valence-corrected chi connectivity index (χ3v) is 5.79. The van der Waals surface area contributed by atoms with Gasteiger partial charge in [-0.25, -0.2) is 4.98 Å². The second-order valence-corrected chi connectivity index (χ2v) is 7.47. The van der Waals surface area contributed by atoms with Gasteiger partial charge in [-0.05, 0) is 17.5 Å². The third-order valence-electron chi connectivity index (χ3n) is 3.93. The molecule has 4 aromatic rings. The summed E-state index contributed by atoms with van der Waals surface area (Å²) in [5.74, 6) is -0.169. The summed E-state index contributed by atoms with van der Waals surface area (Å²) in [6.45, 7) is 0.458. The van der Waals surface area contributed by atoms with Crippen LogP contribution in [0.5, 0.6) is 0 Å². The molecule has 26 heavy (non-hydrogen) atoms. The Kier molecular flexibility index (Phi) is 4.90. The lowest BCUT2D eigenvalue weighted by Crippen LogP contribution is -2.31. The van der Waals surface area contributed by atoms with Gasteiger partial charge in [0.25, 0.3) is 5.91 Å². The van der Waals surface area contributed by atoms with E-state index in [9.17, 15) is 4.79 Å². The van der Waals surface area contributed by atoms with Crippen molar-refractivity contribution in [2.45, 2.75) is 6.04 Å². The molecule has 7 heteroatoms. The minimum atomic E-state index is -0.169. The van der Waals surface area contributed by atoms with E-state index in [0.29, 0.717) is 12.2 Å². The fourth-order valence-corrected chi connectivity index (χ4v) is 4.27. The normalized spacial score (nSPS) is 12.0. The Morgan fingerprint density at radius 1 is 1.12 bits per heavy atom. The number of carbonyl (C=O) groups excluding carboxylic acids is 1. The summed E-state index contributed by atoms with van der Waals surface area (Å²) >= 11 is 3.13. The first-order valence-corrected chi connectivity index (χ1v) is 9.89. The van der Waals surface area contributed by atoms with Gasteiger partial charge in [0.2, 0.25) is 0 Å². The summed E-state index contributed by atoms with van der Waals surface area (Å²) in [5.41, 5.74) is 1.46. The van der Waals surface area contributed by atoms with Gasteiger partial charge in [0.05, 0.1) is 0 Å². The number of carbonyl (C=O) groups is 1. The average Bonchev–Trinajstić information content (AvgIpc) is 3.44. The molecule has 0 radical (unpaired) electrons. The molecule has 0 aliphatic heterocycles. The topological polar surface area (TPSA) is 59.8 Å². The summed E-state index contributed by atoms with van der Waals surface area (Å²) < 4.78 is 1.86. The highest BCUT2D eigenvalue weighted by Crippen LogP contribution is 2.24. The number of hydrogen-bond acceptors (Lipinski definition) is 5. The van der Waals surface area contributed by atoms with Crippen molar-refractivity contribution in [3.63, 3.8) is 0 Å². The molecule has 4 rings (SSSR count). The zero-order valence-corrected chi connectivity index (χ0v) is 15.4. The highest BCUT2D eigenvalue weighted by Gasteiger charge is 2.18. The van der Waals surface area contributed by atoms with Crippen LogP contribution in [0.3, 0.4) is 0 Å². The minimum absolute atomic E-state index is 0.0267. The number of thiazole rings is 1. The summed E-state index contributed by atoms with van der Waals surface area (Å²) in [4.78, 5) is 18.2. The SMILES string of the molecule is O=C(NCC(c1cccs1)n1cccn1)c1csc(-c2ccccc2)n1. The van der Waals surface area contributed by atoms with Gasteiger partial charge < -0.3 is 5.32 Å². The first kappa shape index (κ1) is 16.7. The molecular formula is C19H16N4OS2. The van der Waals surface area contributed by atoms with E-state index in [1.807, 2.05) is 58.7 Å². The standard InChI is InChI=1S/C19H16N4OS2/c24-18(15-13-26-19(22-15)14-6-2-1-3-7-14)20-12-16(17-8-4-11-25-17)23-10-5-9-21-23/h1-11,13,16H,12H2,(H,20,24). The van der Waals surface area contributed by atoms with Crippen LogP contribution in [0.1, 0.15) is 21.4 Å². The number of thiophene rings is 1. The maximum Gasteiger partial charge on any atom is 0.270 e. The van der Waals surface area contributed by atoms with E-state index in [-0.39, 0.29) is 11.9 Å². The summed E-state index contributed by atoms with van der Waals surface area (Å²) in [6, 6.07) is 15.8. The molecule has 0 aliphatic rings. The zero-order valence-electron chi connectivity index (χ0n) is 13.8. The first-order chi connectivity index (χ1) is 12.8. The van der Waals surface area contributed by atoms with Gasteiger partial charge in [-0.3, -0.25) is 9.48 Å². The molecule has 0 spiro atoms. The number of nitrogens with zero attached hydrogens (tertiary/aromatic N) is 3. The molecule has 0 aliphatic carbocycles. The van der Waals surface area contributed by atoms with Gasteiger partial charge >= 0.3 is 0 Å². The van der Waals surface area contributed by atoms with Crippen LogP contribution in [0.4, 0.5) is 0 Å². The Balaban J connectivity index is 1.47. The molecule has 1 amide bonds. The summed E-state index contributed by atoms with van der Waals surface area (Å²) in [7, 11) is 0. The van der Waals surface area contributed by atoms with Crippen molar-refractivity contribution in [3.05, 3.63) is 82.3 Å². The Bertz CT molecular complexity index is 928. The van der Waals surface area contributed by atoms with Gasteiger partial charge in [0.1, 0.15) is 16.7 Å². The highest BCUT2D eigenvalue weighted by molar-refractivity contribution is 7.13. The Morgan fingerprint density at radius 3 is 2.73 bits per heavy atom. The van der Waals surface area contributed by atoms with Crippen LogP contribution in [0.15, 0.2) is 71.7 Å². The van der Waals surface area contributed by atoms with E-state index in [1.54, 1.807) is 22.9 Å². The Labute approximate surface area is 159 Å². The number of hydrogen-bond donors (Lipinski definition) is 1. The van der Waals surface area contributed by atoms with Crippen LogP contribution in [0.2, 0.25) is 0 Å². The smallest absolute Gasteiger partial charge is 0.270 e. The number of nitrogens with one attached hydrogen (secondary N) is 1. The van der Waals surface area contributed by atoms with E-state index >= 15 is 0 Å². The zero-order chi connectivity index (χ0) is 17.8. The van der Waals surface area contributed by atoms with Crippen LogP contribution in [-0.2, 0) is 0 Å². The molecule has 3 heterocycles. The minimum Gasteiger partial charge on any atom is -0.348 e. The predicted molar refractivity (Wildman–Crippen MR) is 105 cm³/mol. The molecule has 1 atom stereocenters. The van der Waals surface area contributed by atoms with E-state index in [0.717, 1.165) is 15.4 Å². The van der Waals surface area contributed by atoms with Crippen molar-refractivity contribution in [1.29, 1.82) is 0 Å². The summed E-state index contributed by atoms with van der Waals surface area (Å²) in [5, 5.41) is 12.0. The number of amides is 1. The highest BCUT2D eigenvalue weighted by atomic mass is 32.1. The quantitative estimate of drug-likeness (QED) is 0.548. The van der Waals surface area contributed by atoms with Crippen LogP contribution >= 0.6 is 22.7 Å². The molecule has 130 valence electrons. The van der Waals surface area contributed by atoms with E-state index in [2.05, 4.69) is 21.5 Å². The van der Waals surface area contributed by atoms with Gasteiger partial charge in [-0.15, -0.1) is 22.7 Å². The average molecular weight is 380 g/mol. The fourth-order valence-electron chi connectivity index (χ4n) is 2.64. The van der Waals surface area contributed by atoms with Gasteiger partial charge in [0.15, 0.2) is 0 Å². The van der Waals surface area contributed by atoms with Gasteiger partial charge in [-0.2, -0.15) is 5.10 Å².